The van der Waals surface area contributed by atoms with Crippen LogP contribution in [0.1, 0.15) is 20.3 Å². The third-order valence-corrected chi connectivity index (χ3v) is 3.20. The lowest BCUT2D eigenvalue weighted by Gasteiger charge is -2.26. The lowest BCUT2D eigenvalue weighted by atomic mass is 10.2. The van der Waals surface area contributed by atoms with Gasteiger partial charge < -0.3 is 15.1 Å². The average molecular weight is 270 g/mol. The van der Waals surface area contributed by atoms with Crippen molar-refractivity contribution in [1.29, 1.82) is 0 Å². The Morgan fingerprint density at radius 1 is 1.47 bits per heavy atom. The molecule has 0 spiro atoms. The molecule has 1 amide bonds. The van der Waals surface area contributed by atoms with Gasteiger partial charge in [-0.2, -0.15) is 0 Å². The van der Waals surface area contributed by atoms with E-state index in [2.05, 4.69) is 6.58 Å². The first kappa shape index (κ1) is 15.7. The van der Waals surface area contributed by atoms with Crippen LogP contribution in [0.4, 0.5) is 0 Å². The molecule has 108 valence electrons. The molecular formula is C13H22N2O4. The molecule has 1 aliphatic heterocycles. The van der Waals surface area contributed by atoms with Gasteiger partial charge in [0.25, 0.3) is 0 Å². The Hall–Kier alpha value is -1.40. The number of likely N-dealkylation sites (N-methyl/N-ethyl adjacent to an activating group) is 1. The fraction of sp³-hybridized carbons (Fsp3) is 0.692. The second-order valence-electron chi connectivity index (χ2n) is 5.04. The van der Waals surface area contributed by atoms with Gasteiger partial charge in [-0.1, -0.05) is 12.2 Å². The van der Waals surface area contributed by atoms with Crippen molar-refractivity contribution < 1.29 is 19.8 Å². The molecule has 0 aromatic carbocycles. The highest BCUT2D eigenvalue weighted by molar-refractivity contribution is 5.80. The summed E-state index contributed by atoms with van der Waals surface area (Å²) in [6.45, 7) is 8.77. The quantitative estimate of drug-likeness (QED) is 0.660. The first-order chi connectivity index (χ1) is 8.85. The number of aliphatic carboxylic acids is 1. The van der Waals surface area contributed by atoms with Crippen LogP contribution in [0.5, 0.6) is 0 Å². The molecule has 0 aromatic heterocycles. The minimum atomic E-state index is -0.993. The molecule has 1 fully saturated rings. The van der Waals surface area contributed by atoms with E-state index >= 15 is 0 Å². The van der Waals surface area contributed by atoms with E-state index in [1.165, 1.54) is 4.90 Å². The summed E-state index contributed by atoms with van der Waals surface area (Å²) >= 11 is 0. The highest BCUT2D eigenvalue weighted by Crippen LogP contribution is 2.18. The molecule has 2 atom stereocenters. The molecule has 0 aliphatic carbocycles. The second kappa shape index (κ2) is 6.68. The number of carboxylic acids is 1. The summed E-state index contributed by atoms with van der Waals surface area (Å²) in [6.07, 6.45) is -0.500. The minimum Gasteiger partial charge on any atom is -0.480 e. The Balaban J connectivity index is 2.64. The van der Waals surface area contributed by atoms with Gasteiger partial charge in [0.05, 0.1) is 12.6 Å². The van der Waals surface area contributed by atoms with Gasteiger partial charge in [-0.05, 0) is 13.8 Å². The van der Waals surface area contributed by atoms with Crippen molar-refractivity contribution in [3.63, 3.8) is 0 Å². The topological polar surface area (TPSA) is 81.1 Å². The minimum absolute atomic E-state index is 0.0230. The summed E-state index contributed by atoms with van der Waals surface area (Å²) in [5.74, 6) is -1.13. The lowest BCUT2D eigenvalue weighted by Crippen LogP contribution is -2.45. The van der Waals surface area contributed by atoms with Crippen LogP contribution in [0.3, 0.4) is 0 Å². The highest BCUT2D eigenvalue weighted by atomic mass is 16.4. The van der Waals surface area contributed by atoms with Gasteiger partial charge in [-0.3, -0.25) is 14.5 Å². The van der Waals surface area contributed by atoms with E-state index < -0.39 is 18.1 Å². The van der Waals surface area contributed by atoms with Gasteiger partial charge in [0, 0.05) is 26.1 Å². The maximum Gasteiger partial charge on any atom is 0.321 e. The first-order valence-corrected chi connectivity index (χ1v) is 6.42. The Kier molecular flexibility index (Phi) is 5.50. The monoisotopic (exact) mass is 270 g/mol. The van der Waals surface area contributed by atoms with Crippen molar-refractivity contribution in [2.24, 2.45) is 0 Å². The number of rotatable bonds is 6. The molecule has 2 unspecified atom stereocenters. The molecule has 1 saturated heterocycles. The fourth-order valence-electron chi connectivity index (χ4n) is 2.29. The van der Waals surface area contributed by atoms with Crippen molar-refractivity contribution in [1.82, 2.24) is 9.80 Å². The first-order valence-electron chi connectivity index (χ1n) is 6.42. The highest BCUT2D eigenvalue weighted by Gasteiger charge is 2.37. The number of hydrogen-bond donors (Lipinski definition) is 2. The Morgan fingerprint density at radius 3 is 2.58 bits per heavy atom. The molecule has 0 bridgehead atoms. The average Bonchev–Trinajstić information content (AvgIpc) is 2.66. The Bertz CT molecular complexity index is 370. The van der Waals surface area contributed by atoms with Crippen molar-refractivity contribution in [2.75, 3.05) is 26.2 Å². The molecule has 0 aromatic rings. The summed E-state index contributed by atoms with van der Waals surface area (Å²) in [5, 5.41) is 18.6. The molecule has 1 heterocycles. The van der Waals surface area contributed by atoms with Crippen LogP contribution >= 0.6 is 0 Å². The van der Waals surface area contributed by atoms with Crippen LogP contribution < -0.4 is 0 Å². The third-order valence-electron chi connectivity index (χ3n) is 3.20. The van der Waals surface area contributed by atoms with Gasteiger partial charge >= 0.3 is 5.97 Å². The van der Waals surface area contributed by atoms with Crippen molar-refractivity contribution in [2.45, 2.75) is 32.4 Å². The zero-order valence-electron chi connectivity index (χ0n) is 11.5. The van der Waals surface area contributed by atoms with Crippen LogP contribution in [-0.2, 0) is 9.59 Å². The molecule has 1 rings (SSSR count). The Morgan fingerprint density at radius 2 is 2.11 bits per heavy atom. The predicted molar refractivity (Wildman–Crippen MR) is 70.7 cm³/mol. The smallest absolute Gasteiger partial charge is 0.321 e. The summed E-state index contributed by atoms with van der Waals surface area (Å²) in [6, 6.07) is -0.775. The lowest BCUT2D eigenvalue weighted by molar-refractivity contribution is -0.143. The number of aliphatic hydroxyl groups is 1. The van der Waals surface area contributed by atoms with E-state index in [0.717, 1.165) is 5.57 Å². The van der Waals surface area contributed by atoms with Crippen LogP contribution in [0.2, 0.25) is 0 Å². The number of carbonyl (C=O) groups excluding carboxylic acids is 1. The summed E-state index contributed by atoms with van der Waals surface area (Å²) in [5.41, 5.74) is 0.881. The number of nitrogens with zero attached hydrogens (tertiary/aromatic N) is 2. The molecule has 6 nitrogen and oxygen atoms in total. The van der Waals surface area contributed by atoms with E-state index in [1.807, 2.05) is 13.8 Å². The normalized spacial score (nSPS) is 23.3. The van der Waals surface area contributed by atoms with Crippen LogP contribution in [-0.4, -0.2) is 70.2 Å². The Labute approximate surface area is 113 Å². The number of amides is 1. The molecule has 0 saturated carbocycles. The number of β-amino-alcohol motifs (C(OH)–C–C–N with tert-alkyl or cyclic N) is 1. The fourth-order valence-corrected chi connectivity index (χ4v) is 2.29. The van der Waals surface area contributed by atoms with E-state index in [1.54, 1.807) is 4.90 Å². The predicted octanol–water partition coefficient (Wildman–Crippen LogP) is -0.0692. The van der Waals surface area contributed by atoms with E-state index in [9.17, 15) is 14.7 Å². The molecule has 2 N–H and O–H groups in total. The standard InChI is InChI=1S/C13H22N2O4/c1-4-14(6-9(2)3)12(17)8-15-7-10(16)5-11(15)13(18)19/h10-11,16H,2,4-8H2,1,3H3,(H,18,19). The van der Waals surface area contributed by atoms with E-state index in [-0.39, 0.29) is 25.4 Å². The van der Waals surface area contributed by atoms with Crippen molar-refractivity contribution >= 4 is 11.9 Å². The maximum absolute atomic E-state index is 12.1. The molecule has 0 radical (unpaired) electrons. The zero-order chi connectivity index (χ0) is 14.6. The van der Waals surface area contributed by atoms with Crippen molar-refractivity contribution in [3.8, 4) is 0 Å². The largest absolute Gasteiger partial charge is 0.480 e. The molecular weight excluding hydrogens is 248 g/mol. The summed E-state index contributed by atoms with van der Waals surface area (Å²) in [7, 11) is 0. The van der Waals surface area contributed by atoms with Crippen LogP contribution in [0.25, 0.3) is 0 Å². The van der Waals surface area contributed by atoms with Crippen molar-refractivity contribution in [3.05, 3.63) is 12.2 Å². The molecule has 1 aliphatic rings. The summed E-state index contributed by atoms with van der Waals surface area (Å²) < 4.78 is 0. The van der Waals surface area contributed by atoms with Gasteiger partial charge in [0.15, 0.2) is 0 Å². The van der Waals surface area contributed by atoms with E-state index in [4.69, 9.17) is 5.11 Å². The number of hydrogen-bond acceptors (Lipinski definition) is 4. The second-order valence-corrected chi connectivity index (χ2v) is 5.04. The number of likely N-dealkylation sites (tertiary alicyclic amines) is 1. The SMILES string of the molecule is C=C(C)CN(CC)C(=O)CN1CC(O)CC1C(=O)O. The molecule has 19 heavy (non-hydrogen) atoms. The van der Waals surface area contributed by atoms with Gasteiger partial charge in [-0.15, -0.1) is 0 Å². The maximum atomic E-state index is 12.1. The van der Waals surface area contributed by atoms with Gasteiger partial charge in [-0.25, -0.2) is 0 Å². The number of carboxylic acid groups (broad SMARTS) is 1. The summed E-state index contributed by atoms with van der Waals surface area (Å²) in [4.78, 5) is 26.3. The van der Waals surface area contributed by atoms with Gasteiger partial charge in [0.1, 0.15) is 6.04 Å². The van der Waals surface area contributed by atoms with E-state index in [0.29, 0.717) is 13.1 Å². The zero-order valence-corrected chi connectivity index (χ0v) is 11.5. The third kappa shape index (κ3) is 4.33. The van der Waals surface area contributed by atoms with Crippen LogP contribution in [0, 0.1) is 0 Å². The van der Waals surface area contributed by atoms with Gasteiger partial charge in [0.2, 0.25) is 5.91 Å². The molecule has 6 heteroatoms. The number of carbonyl (C=O) groups is 2. The van der Waals surface area contributed by atoms with Crippen LogP contribution in [0.15, 0.2) is 12.2 Å². The number of aliphatic hydroxyl groups excluding tert-OH is 1.